The van der Waals surface area contributed by atoms with Gasteiger partial charge in [-0.2, -0.15) is 0 Å². The minimum absolute atomic E-state index is 0. The number of hydrogen-bond acceptors (Lipinski definition) is 2. The zero-order valence-corrected chi connectivity index (χ0v) is 19.1. The van der Waals surface area contributed by atoms with Gasteiger partial charge >= 0.3 is 0 Å². The highest BCUT2D eigenvalue weighted by atomic mass is 127. The molecule has 0 spiro atoms. The molecule has 0 radical (unpaired) electrons. The minimum Gasteiger partial charge on any atom is -0.361 e. The van der Waals surface area contributed by atoms with Crippen molar-refractivity contribution in [1.29, 1.82) is 0 Å². The van der Waals surface area contributed by atoms with Gasteiger partial charge in [0.15, 0.2) is 5.96 Å². The van der Waals surface area contributed by atoms with Gasteiger partial charge in [0.05, 0.1) is 5.52 Å². The van der Waals surface area contributed by atoms with E-state index in [1.54, 1.807) is 7.05 Å². The monoisotopic (exact) mass is 517 g/mol. The number of benzene rings is 2. The van der Waals surface area contributed by atoms with Crippen LogP contribution in [-0.4, -0.2) is 36.1 Å². The molecule has 0 aliphatic rings. The summed E-state index contributed by atoms with van der Waals surface area (Å²) in [5.41, 5.74) is 4.25. The fraction of sp³-hybridized carbons (Fsp3) is 0.217. The fourth-order valence-corrected chi connectivity index (χ4v) is 3.59. The highest BCUT2D eigenvalue weighted by molar-refractivity contribution is 14.0. The summed E-state index contributed by atoms with van der Waals surface area (Å²) < 4.78 is 13.3. The number of H-pyrrole nitrogens is 1. The maximum absolute atomic E-state index is 13.3. The third-order valence-electron chi connectivity index (χ3n) is 5.04. The van der Waals surface area contributed by atoms with Gasteiger partial charge in [-0.25, -0.2) is 4.39 Å². The largest absolute Gasteiger partial charge is 0.361 e. The van der Waals surface area contributed by atoms with Crippen molar-refractivity contribution >= 4 is 51.7 Å². The summed E-state index contributed by atoms with van der Waals surface area (Å²) in [6.07, 6.45) is 5.46. The van der Waals surface area contributed by atoms with Crippen LogP contribution in [0.4, 0.5) is 4.39 Å². The van der Waals surface area contributed by atoms with Gasteiger partial charge in [-0.3, -0.25) is 9.98 Å². The molecular formula is C23H25FIN5. The van der Waals surface area contributed by atoms with Crippen LogP contribution in [0.5, 0.6) is 0 Å². The molecule has 0 fully saturated rings. The Morgan fingerprint density at radius 2 is 1.80 bits per heavy atom. The maximum Gasteiger partial charge on any atom is 0.190 e. The molecule has 4 aromatic rings. The van der Waals surface area contributed by atoms with E-state index in [4.69, 9.17) is 0 Å². The summed E-state index contributed by atoms with van der Waals surface area (Å²) in [6.45, 7) is 1.50. The number of pyridine rings is 1. The Bertz CT molecular complexity index is 1150. The lowest BCUT2D eigenvalue weighted by Gasteiger charge is -2.12. The molecular weight excluding hydrogens is 492 g/mol. The Labute approximate surface area is 192 Å². The molecule has 0 atom stereocenters. The van der Waals surface area contributed by atoms with E-state index in [2.05, 4.69) is 49.9 Å². The molecule has 0 unspecified atom stereocenters. The predicted molar refractivity (Wildman–Crippen MR) is 132 cm³/mol. The highest BCUT2D eigenvalue weighted by Gasteiger charge is 2.06. The molecule has 0 amide bonds. The number of halogens is 2. The fourth-order valence-electron chi connectivity index (χ4n) is 3.59. The van der Waals surface area contributed by atoms with E-state index in [1.807, 2.05) is 24.5 Å². The van der Waals surface area contributed by atoms with Crippen LogP contribution in [0.2, 0.25) is 0 Å². The summed E-state index contributed by atoms with van der Waals surface area (Å²) >= 11 is 0. The number of aromatic amines is 1. The van der Waals surface area contributed by atoms with E-state index in [0.29, 0.717) is 0 Å². The van der Waals surface area contributed by atoms with Crippen LogP contribution >= 0.6 is 24.0 Å². The Balaban J connectivity index is 0.00000256. The lowest BCUT2D eigenvalue weighted by atomic mass is 10.1. The van der Waals surface area contributed by atoms with Gasteiger partial charge in [-0.1, -0.05) is 24.3 Å². The molecule has 2 aromatic heterocycles. The first kappa shape index (κ1) is 22.0. The number of aliphatic imine (C=N–C) groups is 1. The lowest BCUT2D eigenvalue weighted by molar-refractivity contribution is 0.629. The van der Waals surface area contributed by atoms with E-state index >= 15 is 0 Å². The van der Waals surface area contributed by atoms with Gasteiger partial charge in [0.25, 0.3) is 0 Å². The van der Waals surface area contributed by atoms with Crippen molar-refractivity contribution < 1.29 is 4.39 Å². The van der Waals surface area contributed by atoms with Crippen molar-refractivity contribution in [2.24, 2.45) is 4.99 Å². The Hall–Kier alpha value is -2.68. The van der Waals surface area contributed by atoms with Crippen LogP contribution in [0.15, 0.2) is 65.9 Å². The summed E-state index contributed by atoms with van der Waals surface area (Å²) in [5.74, 6) is 0.541. The van der Waals surface area contributed by atoms with Crippen LogP contribution in [0.25, 0.3) is 21.8 Å². The summed E-state index contributed by atoms with van der Waals surface area (Å²) in [7, 11) is 1.77. The second-order valence-corrected chi connectivity index (χ2v) is 6.92. The molecule has 4 rings (SSSR count). The minimum atomic E-state index is -0.227. The van der Waals surface area contributed by atoms with Crippen molar-refractivity contribution in [3.63, 3.8) is 0 Å². The van der Waals surface area contributed by atoms with E-state index < -0.39 is 0 Å². The molecule has 0 bridgehead atoms. The van der Waals surface area contributed by atoms with Gasteiger partial charge in [-0.05, 0) is 48.2 Å². The number of para-hydroxylation sites is 1. The van der Waals surface area contributed by atoms with Crippen LogP contribution in [0.3, 0.4) is 0 Å². The number of hydrogen-bond donors (Lipinski definition) is 3. The van der Waals surface area contributed by atoms with Crippen molar-refractivity contribution in [3.8, 4) is 0 Å². The van der Waals surface area contributed by atoms with Crippen LogP contribution in [0, 0.1) is 5.82 Å². The second-order valence-electron chi connectivity index (χ2n) is 6.92. The maximum atomic E-state index is 13.3. The molecule has 0 aliphatic heterocycles. The molecule has 0 saturated carbocycles. The van der Waals surface area contributed by atoms with Crippen LogP contribution in [-0.2, 0) is 12.8 Å². The first-order chi connectivity index (χ1) is 14.2. The SMILES string of the molecule is CN=C(NCCc1c[nH]c2cc(F)ccc12)NCCc1cccc2cccnc12.I. The molecule has 0 saturated heterocycles. The molecule has 30 heavy (non-hydrogen) atoms. The average Bonchev–Trinajstić information content (AvgIpc) is 3.14. The van der Waals surface area contributed by atoms with Gasteiger partial charge in [0, 0.05) is 48.8 Å². The van der Waals surface area contributed by atoms with Gasteiger partial charge in [0.2, 0.25) is 0 Å². The normalized spacial score (nSPS) is 11.5. The summed E-state index contributed by atoms with van der Waals surface area (Å²) in [6, 6.07) is 15.1. The third-order valence-corrected chi connectivity index (χ3v) is 5.04. The average molecular weight is 517 g/mol. The zero-order chi connectivity index (χ0) is 20.1. The first-order valence-electron chi connectivity index (χ1n) is 9.77. The molecule has 7 heteroatoms. The Morgan fingerprint density at radius 1 is 1.03 bits per heavy atom. The van der Waals surface area contributed by atoms with Crippen molar-refractivity contribution in [3.05, 3.63) is 77.9 Å². The molecule has 3 N–H and O–H groups in total. The molecule has 5 nitrogen and oxygen atoms in total. The van der Waals surface area contributed by atoms with E-state index in [0.717, 1.165) is 59.3 Å². The second kappa shape index (κ2) is 10.4. The van der Waals surface area contributed by atoms with E-state index in [1.165, 1.54) is 17.7 Å². The van der Waals surface area contributed by atoms with Crippen LogP contribution < -0.4 is 10.6 Å². The van der Waals surface area contributed by atoms with Crippen molar-refractivity contribution in [2.45, 2.75) is 12.8 Å². The topological polar surface area (TPSA) is 65.1 Å². The standard InChI is InChI=1S/C23H24FN5.HI/c1-25-23(27-12-9-17-5-2-4-16-6-3-11-26-22(16)17)28-13-10-18-15-29-21-14-19(24)7-8-20(18)21;/h2-8,11,14-15,29H,9-10,12-13H2,1H3,(H2,25,27,28);1H. The quantitative estimate of drug-likeness (QED) is 0.202. The van der Waals surface area contributed by atoms with Gasteiger partial charge in [0.1, 0.15) is 5.82 Å². The highest BCUT2D eigenvalue weighted by Crippen LogP contribution is 2.19. The molecule has 2 heterocycles. The number of rotatable bonds is 6. The number of nitrogens with one attached hydrogen (secondary N) is 3. The molecule has 0 aliphatic carbocycles. The zero-order valence-electron chi connectivity index (χ0n) is 16.8. The number of aromatic nitrogens is 2. The van der Waals surface area contributed by atoms with E-state index in [9.17, 15) is 4.39 Å². The van der Waals surface area contributed by atoms with E-state index in [-0.39, 0.29) is 29.8 Å². The number of nitrogens with zero attached hydrogens (tertiary/aromatic N) is 2. The van der Waals surface area contributed by atoms with Gasteiger partial charge in [-0.15, -0.1) is 24.0 Å². The smallest absolute Gasteiger partial charge is 0.190 e. The van der Waals surface area contributed by atoms with Gasteiger partial charge < -0.3 is 15.6 Å². The molecule has 2 aromatic carbocycles. The summed E-state index contributed by atoms with van der Waals surface area (Å²) in [4.78, 5) is 11.9. The van der Waals surface area contributed by atoms with Crippen molar-refractivity contribution in [1.82, 2.24) is 20.6 Å². The lowest BCUT2D eigenvalue weighted by Crippen LogP contribution is -2.39. The molecule has 156 valence electrons. The Morgan fingerprint density at radius 3 is 2.60 bits per heavy atom. The Kier molecular flexibility index (Phi) is 7.62. The predicted octanol–water partition coefficient (Wildman–Crippen LogP) is 4.42. The van der Waals surface area contributed by atoms with Crippen LogP contribution in [0.1, 0.15) is 11.1 Å². The summed E-state index contributed by atoms with van der Waals surface area (Å²) in [5, 5.41) is 8.92. The third kappa shape index (κ3) is 5.08. The first-order valence-corrected chi connectivity index (χ1v) is 9.77. The number of fused-ring (bicyclic) bond motifs is 2. The van der Waals surface area contributed by atoms with Crippen molar-refractivity contribution in [2.75, 3.05) is 20.1 Å². The number of guanidine groups is 1.